The maximum Gasteiger partial charge on any atom is 0.213 e. The monoisotopic (exact) mass is 238 g/mol. The van der Waals surface area contributed by atoms with Gasteiger partial charge in [0.05, 0.1) is 7.11 Å². The van der Waals surface area contributed by atoms with Gasteiger partial charge in [-0.25, -0.2) is 4.68 Å². The number of hydrogen-bond acceptors (Lipinski definition) is 4. The van der Waals surface area contributed by atoms with Gasteiger partial charge < -0.3 is 15.4 Å². The van der Waals surface area contributed by atoms with Gasteiger partial charge >= 0.3 is 0 Å². The predicted octanol–water partition coefficient (Wildman–Crippen LogP) is 1.23. The van der Waals surface area contributed by atoms with Crippen LogP contribution in [0.25, 0.3) is 0 Å². The molecule has 17 heavy (non-hydrogen) atoms. The highest BCUT2D eigenvalue weighted by Crippen LogP contribution is 2.19. The molecule has 0 amide bonds. The molecule has 2 atom stereocenters. The first-order valence-electron chi connectivity index (χ1n) is 6.24. The molecule has 96 valence electrons. The number of piperidine rings is 1. The van der Waals surface area contributed by atoms with Crippen LogP contribution >= 0.6 is 0 Å². The number of nitrogens with one attached hydrogen (secondary N) is 2. The maximum absolute atomic E-state index is 5.18. The van der Waals surface area contributed by atoms with Crippen molar-refractivity contribution in [1.29, 1.82) is 0 Å². The summed E-state index contributed by atoms with van der Waals surface area (Å²) in [6.45, 7) is 4.36. The number of nitrogens with zero attached hydrogens (tertiary/aromatic N) is 2. The molecule has 1 fully saturated rings. The summed E-state index contributed by atoms with van der Waals surface area (Å²) >= 11 is 0. The number of hydrogen-bond donors (Lipinski definition) is 2. The summed E-state index contributed by atoms with van der Waals surface area (Å²) in [7, 11) is 3.55. The molecule has 2 rings (SSSR count). The second-order valence-electron chi connectivity index (χ2n) is 4.82. The van der Waals surface area contributed by atoms with E-state index in [1.807, 2.05) is 13.1 Å². The van der Waals surface area contributed by atoms with Crippen molar-refractivity contribution in [2.75, 3.05) is 25.5 Å². The van der Waals surface area contributed by atoms with Gasteiger partial charge in [0.2, 0.25) is 5.88 Å². The molecule has 0 aromatic carbocycles. The van der Waals surface area contributed by atoms with E-state index in [0.717, 1.165) is 30.7 Å². The second kappa shape index (κ2) is 5.40. The number of aryl methyl sites for hydroxylation is 1. The first-order valence-corrected chi connectivity index (χ1v) is 6.24. The Morgan fingerprint density at radius 2 is 2.47 bits per heavy atom. The van der Waals surface area contributed by atoms with Crippen LogP contribution in [0.5, 0.6) is 5.88 Å². The molecule has 1 aromatic heterocycles. The number of aromatic nitrogens is 2. The Morgan fingerprint density at radius 3 is 3.12 bits per heavy atom. The second-order valence-corrected chi connectivity index (χ2v) is 4.82. The van der Waals surface area contributed by atoms with Crippen LogP contribution in [0.4, 0.5) is 5.82 Å². The van der Waals surface area contributed by atoms with Crippen LogP contribution < -0.4 is 15.4 Å². The quantitative estimate of drug-likeness (QED) is 0.828. The van der Waals surface area contributed by atoms with E-state index in [-0.39, 0.29) is 0 Å². The molecule has 2 unspecified atom stereocenters. The van der Waals surface area contributed by atoms with E-state index in [2.05, 4.69) is 22.7 Å². The van der Waals surface area contributed by atoms with Crippen molar-refractivity contribution >= 4 is 5.82 Å². The lowest BCUT2D eigenvalue weighted by Crippen LogP contribution is -2.37. The molecule has 0 bridgehead atoms. The summed E-state index contributed by atoms with van der Waals surface area (Å²) in [4.78, 5) is 0. The van der Waals surface area contributed by atoms with Crippen molar-refractivity contribution in [1.82, 2.24) is 15.1 Å². The van der Waals surface area contributed by atoms with Crippen molar-refractivity contribution in [3.63, 3.8) is 0 Å². The third-order valence-electron chi connectivity index (χ3n) is 3.35. The van der Waals surface area contributed by atoms with Crippen molar-refractivity contribution in [2.45, 2.75) is 25.8 Å². The van der Waals surface area contributed by atoms with Gasteiger partial charge in [-0.3, -0.25) is 0 Å². The van der Waals surface area contributed by atoms with E-state index in [1.54, 1.807) is 11.8 Å². The Hall–Kier alpha value is -1.23. The largest absolute Gasteiger partial charge is 0.481 e. The highest BCUT2D eigenvalue weighted by molar-refractivity contribution is 5.38. The van der Waals surface area contributed by atoms with Gasteiger partial charge in [-0.15, -0.1) is 0 Å². The maximum atomic E-state index is 5.18. The molecule has 0 saturated carbocycles. The Balaban J connectivity index is 1.84. The zero-order valence-electron chi connectivity index (χ0n) is 10.9. The Labute approximate surface area is 103 Å². The van der Waals surface area contributed by atoms with E-state index < -0.39 is 0 Å². The molecule has 1 aromatic rings. The average molecular weight is 238 g/mol. The van der Waals surface area contributed by atoms with Gasteiger partial charge in [0.25, 0.3) is 0 Å². The van der Waals surface area contributed by atoms with Gasteiger partial charge in [0.15, 0.2) is 5.82 Å². The fraction of sp³-hybridized carbons (Fsp3) is 0.750. The van der Waals surface area contributed by atoms with Crippen molar-refractivity contribution in [3.8, 4) is 5.88 Å². The Kier molecular flexibility index (Phi) is 3.89. The van der Waals surface area contributed by atoms with E-state index in [1.165, 1.54) is 12.8 Å². The van der Waals surface area contributed by atoms with Gasteiger partial charge in [-0.1, -0.05) is 0 Å². The highest BCUT2D eigenvalue weighted by Gasteiger charge is 2.18. The van der Waals surface area contributed by atoms with Crippen LogP contribution in [0.15, 0.2) is 6.07 Å². The summed E-state index contributed by atoms with van der Waals surface area (Å²) in [6, 6.07) is 2.57. The Morgan fingerprint density at radius 1 is 1.65 bits per heavy atom. The lowest BCUT2D eigenvalue weighted by atomic mass is 9.93. The molecule has 1 saturated heterocycles. The lowest BCUT2D eigenvalue weighted by molar-refractivity contribution is 0.327. The number of ether oxygens (including phenoxy) is 1. The van der Waals surface area contributed by atoms with Crippen molar-refractivity contribution in [3.05, 3.63) is 6.07 Å². The van der Waals surface area contributed by atoms with Crippen molar-refractivity contribution in [2.24, 2.45) is 13.0 Å². The summed E-state index contributed by atoms with van der Waals surface area (Å²) in [5.74, 6) is 2.42. The third-order valence-corrected chi connectivity index (χ3v) is 3.35. The molecule has 0 aliphatic carbocycles. The van der Waals surface area contributed by atoms with Crippen molar-refractivity contribution < 1.29 is 4.74 Å². The minimum Gasteiger partial charge on any atom is -0.481 e. The van der Waals surface area contributed by atoms with E-state index in [0.29, 0.717) is 6.04 Å². The van der Waals surface area contributed by atoms with Crippen LogP contribution in [0.3, 0.4) is 0 Å². The fourth-order valence-electron chi connectivity index (χ4n) is 2.40. The zero-order valence-corrected chi connectivity index (χ0v) is 10.9. The normalized spacial score (nSPS) is 24.6. The standard InChI is InChI=1S/C12H22N4O/c1-9-6-10(4-5-13-9)8-14-11-7-12(17-3)16(2)15-11/h7,9-10,13H,4-6,8H2,1-3H3,(H,14,15). The minimum atomic E-state index is 0.633. The average Bonchev–Trinajstić information content (AvgIpc) is 2.67. The molecule has 0 spiro atoms. The molecule has 2 N–H and O–H groups in total. The number of anilines is 1. The molecule has 5 nitrogen and oxygen atoms in total. The van der Waals surface area contributed by atoms with Gasteiger partial charge in [0, 0.05) is 25.7 Å². The van der Waals surface area contributed by atoms with Gasteiger partial charge in [-0.05, 0) is 32.2 Å². The van der Waals surface area contributed by atoms with Crippen LogP contribution in [-0.2, 0) is 7.05 Å². The summed E-state index contributed by atoms with van der Waals surface area (Å²) in [5.41, 5.74) is 0. The zero-order chi connectivity index (χ0) is 12.3. The van der Waals surface area contributed by atoms with Crippen LogP contribution in [0.1, 0.15) is 19.8 Å². The van der Waals surface area contributed by atoms with Gasteiger partial charge in [0.1, 0.15) is 0 Å². The topological polar surface area (TPSA) is 51.1 Å². The van der Waals surface area contributed by atoms with E-state index in [9.17, 15) is 0 Å². The number of methoxy groups -OCH3 is 1. The molecule has 5 heteroatoms. The smallest absolute Gasteiger partial charge is 0.213 e. The summed E-state index contributed by atoms with van der Waals surface area (Å²) in [6.07, 6.45) is 2.47. The van der Waals surface area contributed by atoms with Crippen LogP contribution in [0.2, 0.25) is 0 Å². The third kappa shape index (κ3) is 3.12. The first kappa shape index (κ1) is 12.2. The van der Waals surface area contributed by atoms with Crippen LogP contribution in [0, 0.1) is 5.92 Å². The lowest BCUT2D eigenvalue weighted by Gasteiger charge is -2.28. The predicted molar refractivity (Wildman–Crippen MR) is 68.4 cm³/mol. The van der Waals surface area contributed by atoms with Gasteiger partial charge in [-0.2, -0.15) is 5.10 Å². The highest BCUT2D eigenvalue weighted by atomic mass is 16.5. The summed E-state index contributed by atoms with van der Waals surface area (Å²) in [5, 5.41) is 11.2. The van der Waals surface area contributed by atoms with E-state index in [4.69, 9.17) is 4.74 Å². The molecular weight excluding hydrogens is 216 g/mol. The minimum absolute atomic E-state index is 0.633. The fourth-order valence-corrected chi connectivity index (χ4v) is 2.40. The SMILES string of the molecule is COc1cc(NCC2CCNC(C)C2)nn1C. The number of rotatable bonds is 4. The molecule has 0 radical (unpaired) electrons. The summed E-state index contributed by atoms with van der Waals surface area (Å²) < 4.78 is 6.93. The van der Waals surface area contributed by atoms with Crippen LogP contribution in [-0.4, -0.2) is 36.0 Å². The Bertz CT molecular complexity index is 363. The first-order chi connectivity index (χ1) is 8.19. The molecular formula is C12H22N4O. The van der Waals surface area contributed by atoms with E-state index >= 15 is 0 Å². The molecule has 1 aliphatic rings. The molecule has 2 heterocycles. The molecule has 1 aliphatic heterocycles.